The van der Waals surface area contributed by atoms with Gasteiger partial charge in [-0.05, 0) is 75.5 Å². The van der Waals surface area contributed by atoms with Crippen molar-refractivity contribution in [2.75, 3.05) is 11.9 Å². The van der Waals surface area contributed by atoms with Crippen LogP contribution in [-0.4, -0.2) is 39.1 Å². The first-order valence-electron chi connectivity index (χ1n) is 11.8. The molecule has 3 fully saturated rings. The molecule has 7 nitrogen and oxygen atoms in total. The summed E-state index contributed by atoms with van der Waals surface area (Å²) in [6.07, 6.45) is 5.65. The summed E-state index contributed by atoms with van der Waals surface area (Å²) in [4.78, 5) is 32.8. The summed E-state index contributed by atoms with van der Waals surface area (Å²) in [6.45, 7) is 4.90. The van der Waals surface area contributed by atoms with Crippen molar-refractivity contribution in [3.8, 4) is 0 Å². The number of nitrogens with one attached hydrogen (secondary N) is 2. The van der Waals surface area contributed by atoms with Crippen LogP contribution < -0.4 is 10.6 Å². The van der Waals surface area contributed by atoms with Crippen LogP contribution in [0.25, 0.3) is 0 Å². The summed E-state index contributed by atoms with van der Waals surface area (Å²) in [6, 6.07) is 8.19. The molecule has 2 bridgehead atoms. The maximum absolute atomic E-state index is 12.9. The molecule has 0 atom stereocenters. The second-order valence-electron chi connectivity index (χ2n) is 10.6. The second kappa shape index (κ2) is 8.09. The van der Waals surface area contributed by atoms with Crippen molar-refractivity contribution in [3.63, 3.8) is 0 Å². The Bertz CT molecular complexity index is 1010. The van der Waals surface area contributed by atoms with Crippen LogP contribution in [0.4, 0.5) is 10.5 Å². The van der Waals surface area contributed by atoms with Crippen LogP contribution >= 0.6 is 11.3 Å². The van der Waals surface area contributed by atoms with Gasteiger partial charge in [-0.3, -0.25) is 4.79 Å². The Morgan fingerprint density at radius 1 is 1.09 bits per heavy atom. The minimum absolute atomic E-state index is 0.0942. The zero-order valence-electron chi connectivity index (χ0n) is 19.3. The fourth-order valence-corrected chi connectivity index (χ4v) is 6.45. The molecule has 2 aromatic rings. The highest BCUT2D eigenvalue weighted by molar-refractivity contribution is 7.09. The van der Waals surface area contributed by atoms with Gasteiger partial charge in [-0.1, -0.05) is 12.1 Å². The predicted molar refractivity (Wildman–Crippen MR) is 128 cm³/mol. The van der Waals surface area contributed by atoms with Crippen molar-refractivity contribution in [1.29, 1.82) is 0 Å². The molecule has 1 aliphatic heterocycles. The molecule has 3 aliphatic carbocycles. The molecule has 8 heteroatoms. The number of amides is 3. The smallest absolute Gasteiger partial charge is 0.322 e. The van der Waals surface area contributed by atoms with Gasteiger partial charge in [-0.2, -0.15) is 0 Å². The number of rotatable bonds is 5. The van der Waals surface area contributed by atoms with Crippen LogP contribution in [0.5, 0.6) is 0 Å². The summed E-state index contributed by atoms with van der Waals surface area (Å²) in [7, 11) is 0. The molecule has 2 heterocycles. The zero-order chi connectivity index (χ0) is 23.3. The van der Waals surface area contributed by atoms with Gasteiger partial charge in [-0.25, -0.2) is 9.78 Å². The van der Waals surface area contributed by atoms with Crippen molar-refractivity contribution in [2.24, 2.45) is 5.41 Å². The molecule has 33 heavy (non-hydrogen) atoms. The number of hydrogen-bond donors (Lipinski definition) is 3. The molecule has 3 saturated carbocycles. The number of aromatic nitrogens is 1. The van der Waals surface area contributed by atoms with E-state index in [1.165, 1.54) is 10.4 Å². The first kappa shape index (κ1) is 22.3. The Kier molecular flexibility index (Phi) is 5.48. The molecule has 6 rings (SSSR count). The highest BCUT2D eigenvalue weighted by Gasteiger charge is 2.52. The maximum Gasteiger partial charge on any atom is 0.322 e. The number of hydrogen-bond acceptors (Lipinski definition) is 5. The number of thiazole rings is 1. The molecule has 0 unspecified atom stereocenters. The van der Waals surface area contributed by atoms with Crippen LogP contribution in [0.2, 0.25) is 0 Å². The SMILES string of the molecule is CC(C)(O)CNC(=O)C12CCC(c3ccc(NC(=O)N4Cc5ncsc5C4)cc3)(CC1)CC2. The number of carbonyl (C=O) groups is 2. The Hall–Kier alpha value is -2.45. The van der Waals surface area contributed by atoms with E-state index >= 15 is 0 Å². The van der Waals surface area contributed by atoms with Crippen LogP contribution in [0, 0.1) is 5.41 Å². The minimum atomic E-state index is -0.894. The molecule has 3 amide bonds. The summed E-state index contributed by atoms with van der Waals surface area (Å²) < 4.78 is 0. The number of nitrogens with zero attached hydrogens (tertiary/aromatic N) is 2. The second-order valence-corrected chi connectivity index (χ2v) is 11.6. The van der Waals surface area contributed by atoms with Crippen molar-refractivity contribution >= 4 is 29.0 Å². The minimum Gasteiger partial charge on any atom is -0.389 e. The van der Waals surface area contributed by atoms with Gasteiger partial charge >= 0.3 is 6.03 Å². The van der Waals surface area contributed by atoms with Gasteiger partial charge in [0, 0.05) is 22.5 Å². The maximum atomic E-state index is 12.9. The Labute approximate surface area is 198 Å². The number of aliphatic hydroxyl groups is 1. The highest BCUT2D eigenvalue weighted by Crippen LogP contribution is 2.57. The monoisotopic (exact) mass is 468 g/mol. The standard InChI is InChI=1S/C25H32N4O3S/c1-23(2,32)15-26-21(30)25-10-7-24(8-11-25,9-12-25)17-3-5-18(6-4-17)28-22(31)29-13-19-20(14-29)33-16-27-19/h3-6,16,32H,7-15H2,1-2H3,(H,26,30)(H,28,31). The number of benzene rings is 1. The molecule has 1 aromatic carbocycles. The zero-order valence-corrected chi connectivity index (χ0v) is 20.1. The average Bonchev–Trinajstić information content (AvgIpc) is 3.41. The molecular formula is C25H32N4O3S. The summed E-state index contributed by atoms with van der Waals surface area (Å²) in [5.74, 6) is 0.0995. The van der Waals surface area contributed by atoms with E-state index in [4.69, 9.17) is 0 Å². The summed E-state index contributed by atoms with van der Waals surface area (Å²) in [5.41, 5.74) is 3.89. The normalized spacial score (nSPS) is 26.2. The third-order valence-electron chi connectivity index (χ3n) is 7.85. The topological polar surface area (TPSA) is 94.6 Å². The van der Waals surface area contributed by atoms with Crippen molar-refractivity contribution in [1.82, 2.24) is 15.2 Å². The molecule has 176 valence electrons. The van der Waals surface area contributed by atoms with Crippen LogP contribution in [0.15, 0.2) is 29.8 Å². The van der Waals surface area contributed by atoms with Gasteiger partial charge in [0.2, 0.25) is 5.91 Å². The Balaban J connectivity index is 1.19. The first-order chi connectivity index (χ1) is 15.7. The Morgan fingerprint density at radius 2 is 1.76 bits per heavy atom. The fraction of sp³-hybridized carbons (Fsp3) is 0.560. The third-order valence-corrected chi connectivity index (χ3v) is 8.71. The number of carbonyl (C=O) groups excluding carboxylic acids is 2. The van der Waals surface area contributed by atoms with Gasteiger partial charge in [0.15, 0.2) is 0 Å². The van der Waals surface area contributed by atoms with E-state index in [0.29, 0.717) is 13.1 Å². The third kappa shape index (κ3) is 4.26. The van der Waals surface area contributed by atoms with Crippen LogP contribution in [0.1, 0.15) is 68.5 Å². The van der Waals surface area contributed by atoms with Crippen molar-refractivity contribution in [2.45, 2.75) is 76.5 Å². The van der Waals surface area contributed by atoms with Crippen LogP contribution in [0.3, 0.4) is 0 Å². The van der Waals surface area contributed by atoms with Gasteiger partial charge in [0.1, 0.15) is 0 Å². The Morgan fingerprint density at radius 3 is 2.36 bits per heavy atom. The highest BCUT2D eigenvalue weighted by atomic mass is 32.1. The lowest BCUT2D eigenvalue weighted by Crippen LogP contribution is -2.53. The van der Waals surface area contributed by atoms with Gasteiger partial charge in [0.25, 0.3) is 0 Å². The van der Waals surface area contributed by atoms with E-state index in [0.717, 1.165) is 49.9 Å². The average molecular weight is 469 g/mol. The largest absolute Gasteiger partial charge is 0.389 e. The van der Waals surface area contributed by atoms with E-state index in [2.05, 4.69) is 27.8 Å². The summed E-state index contributed by atoms with van der Waals surface area (Å²) in [5, 5.41) is 15.9. The lowest BCUT2D eigenvalue weighted by molar-refractivity contribution is -0.138. The van der Waals surface area contributed by atoms with E-state index in [9.17, 15) is 14.7 Å². The predicted octanol–water partition coefficient (Wildman–Crippen LogP) is 4.17. The summed E-state index contributed by atoms with van der Waals surface area (Å²) >= 11 is 1.60. The molecule has 3 N–H and O–H groups in total. The lowest BCUT2D eigenvalue weighted by Gasteiger charge is -2.53. The van der Waals surface area contributed by atoms with Gasteiger partial charge < -0.3 is 20.6 Å². The van der Waals surface area contributed by atoms with Gasteiger partial charge in [-0.15, -0.1) is 11.3 Å². The molecule has 1 aromatic heterocycles. The fourth-order valence-electron chi connectivity index (χ4n) is 5.66. The number of urea groups is 1. The van der Waals surface area contributed by atoms with Crippen molar-refractivity contribution in [3.05, 3.63) is 45.9 Å². The quantitative estimate of drug-likeness (QED) is 0.614. The molecule has 0 radical (unpaired) electrons. The van der Waals surface area contributed by atoms with E-state index in [1.807, 2.05) is 17.6 Å². The van der Waals surface area contributed by atoms with E-state index in [-0.39, 0.29) is 29.3 Å². The molecular weight excluding hydrogens is 436 g/mol. The molecule has 0 spiro atoms. The van der Waals surface area contributed by atoms with E-state index in [1.54, 1.807) is 30.1 Å². The first-order valence-corrected chi connectivity index (χ1v) is 12.6. The number of fused-ring (bicyclic) bond motifs is 4. The number of anilines is 1. The molecule has 4 aliphatic rings. The van der Waals surface area contributed by atoms with Crippen LogP contribution in [-0.2, 0) is 23.3 Å². The van der Waals surface area contributed by atoms with E-state index < -0.39 is 5.60 Å². The lowest BCUT2D eigenvalue weighted by atomic mass is 9.51. The molecule has 0 saturated heterocycles. The van der Waals surface area contributed by atoms with Crippen molar-refractivity contribution < 1.29 is 14.7 Å². The van der Waals surface area contributed by atoms with Gasteiger partial charge in [0.05, 0.1) is 29.9 Å².